The van der Waals surface area contributed by atoms with Crippen LogP contribution in [0.3, 0.4) is 0 Å². The van der Waals surface area contributed by atoms with Crippen LogP contribution < -0.4 is 9.47 Å². The van der Waals surface area contributed by atoms with E-state index in [0.29, 0.717) is 28.0 Å². The van der Waals surface area contributed by atoms with Gasteiger partial charge < -0.3 is 14.6 Å². The molecule has 0 radical (unpaired) electrons. The monoisotopic (exact) mass is 382 g/mol. The predicted molar refractivity (Wildman–Crippen MR) is 104 cm³/mol. The minimum Gasteiger partial charge on any atom is -0.507 e. The summed E-state index contributed by atoms with van der Waals surface area (Å²) in [4.78, 5) is 0. The minimum atomic E-state index is 0.0354. The van der Waals surface area contributed by atoms with Crippen molar-refractivity contribution >= 4 is 17.5 Å². The molecule has 2 heterocycles. The van der Waals surface area contributed by atoms with Crippen molar-refractivity contribution in [2.45, 2.75) is 17.3 Å². The van der Waals surface area contributed by atoms with Gasteiger partial charge in [0, 0.05) is 11.1 Å². The quantitative estimate of drug-likeness (QED) is 0.745. The predicted octanol–water partition coefficient (Wildman–Crippen LogP) is 3.41. The molecule has 1 atom stereocenters. The molecule has 0 bridgehead atoms. The number of phenols is 1. The second-order valence-corrected chi connectivity index (χ2v) is 7.26. The Hall–Kier alpha value is -3.00. The molecule has 27 heavy (non-hydrogen) atoms. The molecule has 138 valence electrons. The summed E-state index contributed by atoms with van der Waals surface area (Å²) in [7, 11) is 3.18. The molecule has 0 fully saturated rings. The van der Waals surface area contributed by atoms with E-state index in [1.54, 1.807) is 42.8 Å². The number of fused-ring (bicyclic) bond motifs is 1. The lowest BCUT2D eigenvalue weighted by Gasteiger charge is -2.20. The van der Waals surface area contributed by atoms with Crippen molar-refractivity contribution in [1.29, 1.82) is 0 Å². The van der Waals surface area contributed by atoms with Crippen LogP contribution in [0.25, 0.3) is 11.4 Å². The molecular formula is C19H18N4O3S. The molecule has 0 spiro atoms. The van der Waals surface area contributed by atoms with Gasteiger partial charge >= 0.3 is 0 Å². The SMILES string of the molecule is COc1ccc(-c2nnc3n2N=C(c2ccccc2O)[C@H](C)S3)cc1OC. The van der Waals surface area contributed by atoms with E-state index in [4.69, 9.17) is 14.6 Å². The zero-order valence-corrected chi connectivity index (χ0v) is 15.9. The molecule has 0 amide bonds. The Labute approximate surface area is 160 Å². The number of benzene rings is 2. The van der Waals surface area contributed by atoms with Gasteiger partial charge in [-0.25, -0.2) is 0 Å². The second-order valence-electron chi connectivity index (χ2n) is 5.95. The highest BCUT2D eigenvalue weighted by Gasteiger charge is 2.27. The number of nitrogens with zero attached hydrogens (tertiary/aromatic N) is 4. The smallest absolute Gasteiger partial charge is 0.213 e. The van der Waals surface area contributed by atoms with Gasteiger partial charge in [-0.1, -0.05) is 23.9 Å². The van der Waals surface area contributed by atoms with Crippen LogP contribution in [0.2, 0.25) is 0 Å². The van der Waals surface area contributed by atoms with Gasteiger partial charge in [-0.3, -0.25) is 0 Å². The van der Waals surface area contributed by atoms with Crippen LogP contribution in [-0.2, 0) is 0 Å². The van der Waals surface area contributed by atoms with Crippen LogP contribution in [0.15, 0.2) is 52.7 Å². The first kappa shape index (κ1) is 17.4. The van der Waals surface area contributed by atoms with Crippen LogP contribution in [0.5, 0.6) is 17.2 Å². The van der Waals surface area contributed by atoms with Gasteiger partial charge in [0.05, 0.1) is 25.2 Å². The number of phenolic OH excluding ortho intramolecular Hbond substituents is 1. The summed E-state index contributed by atoms with van der Waals surface area (Å²) in [5.74, 6) is 2.04. The van der Waals surface area contributed by atoms with Crippen molar-refractivity contribution in [3.63, 3.8) is 0 Å². The first-order valence-corrected chi connectivity index (χ1v) is 9.22. The molecule has 1 aliphatic rings. The van der Waals surface area contributed by atoms with Crippen LogP contribution in [-0.4, -0.2) is 45.2 Å². The molecule has 0 saturated heterocycles. The molecule has 0 aliphatic carbocycles. The number of aromatic hydroxyl groups is 1. The van der Waals surface area contributed by atoms with Crippen LogP contribution in [0.4, 0.5) is 0 Å². The van der Waals surface area contributed by atoms with Crippen LogP contribution in [0.1, 0.15) is 12.5 Å². The Bertz CT molecular complexity index is 1030. The largest absolute Gasteiger partial charge is 0.507 e. The summed E-state index contributed by atoms with van der Waals surface area (Å²) in [6, 6.07) is 12.7. The fourth-order valence-electron chi connectivity index (χ4n) is 2.95. The lowest BCUT2D eigenvalue weighted by Crippen LogP contribution is -2.21. The molecule has 2 aromatic carbocycles. The number of hydrogen-bond donors (Lipinski definition) is 1. The molecular weight excluding hydrogens is 364 g/mol. The fraction of sp³-hybridized carbons (Fsp3) is 0.211. The zero-order chi connectivity index (χ0) is 19.0. The van der Waals surface area contributed by atoms with Crippen LogP contribution in [0, 0.1) is 0 Å². The standard InChI is InChI=1S/C19H18N4O3S/c1-11-17(13-6-4-5-7-14(13)24)22-23-18(20-21-19(23)27-11)12-8-9-15(25-2)16(10-12)26-3/h4-11,24H,1-3H3/t11-/m0/s1. The third-order valence-corrected chi connectivity index (χ3v) is 5.35. The van der Waals surface area contributed by atoms with E-state index in [0.717, 1.165) is 11.3 Å². The van der Waals surface area contributed by atoms with Crippen molar-refractivity contribution in [3.8, 4) is 28.6 Å². The third kappa shape index (κ3) is 3.02. The summed E-state index contributed by atoms with van der Waals surface area (Å²) in [5.41, 5.74) is 2.28. The normalized spacial score (nSPS) is 15.8. The van der Waals surface area contributed by atoms with Gasteiger partial charge in [0.15, 0.2) is 17.3 Å². The van der Waals surface area contributed by atoms with E-state index >= 15 is 0 Å². The maximum atomic E-state index is 10.2. The average Bonchev–Trinajstić information content (AvgIpc) is 3.10. The molecule has 1 aromatic heterocycles. The van der Waals surface area contributed by atoms with Gasteiger partial charge in [0.25, 0.3) is 0 Å². The Kier molecular flexibility index (Phi) is 4.49. The maximum Gasteiger partial charge on any atom is 0.213 e. The molecule has 4 rings (SSSR count). The number of ether oxygens (including phenoxy) is 2. The summed E-state index contributed by atoms with van der Waals surface area (Å²) in [6.07, 6.45) is 0. The molecule has 1 aliphatic heterocycles. The van der Waals surface area contributed by atoms with E-state index in [1.807, 2.05) is 37.3 Å². The van der Waals surface area contributed by atoms with E-state index in [2.05, 4.69) is 10.2 Å². The summed E-state index contributed by atoms with van der Waals surface area (Å²) in [6.45, 7) is 2.03. The fourth-order valence-corrected chi connectivity index (χ4v) is 3.87. The molecule has 0 unspecified atom stereocenters. The van der Waals surface area contributed by atoms with E-state index in [1.165, 1.54) is 0 Å². The number of para-hydroxylation sites is 1. The Morgan fingerprint density at radius 3 is 2.56 bits per heavy atom. The van der Waals surface area contributed by atoms with Crippen molar-refractivity contribution < 1.29 is 14.6 Å². The second kappa shape index (κ2) is 6.96. The first-order valence-electron chi connectivity index (χ1n) is 8.34. The number of aromatic nitrogens is 3. The molecule has 0 saturated carbocycles. The lowest BCUT2D eigenvalue weighted by atomic mass is 10.1. The van der Waals surface area contributed by atoms with Crippen molar-refractivity contribution in [2.75, 3.05) is 14.2 Å². The topological polar surface area (TPSA) is 81.8 Å². The highest BCUT2D eigenvalue weighted by atomic mass is 32.2. The highest BCUT2D eigenvalue weighted by molar-refractivity contribution is 8.00. The molecule has 7 nitrogen and oxygen atoms in total. The Morgan fingerprint density at radius 2 is 1.81 bits per heavy atom. The zero-order valence-electron chi connectivity index (χ0n) is 15.1. The summed E-state index contributed by atoms with van der Waals surface area (Å²) in [5, 5.41) is 24.3. The Balaban J connectivity index is 1.83. The average molecular weight is 382 g/mol. The van der Waals surface area contributed by atoms with Gasteiger partial charge in [0.2, 0.25) is 5.16 Å². The van der Waals surface area contributed by atoms with Gasteiger partial charge in [0.1, 0.15) is 5.75 Å². The minimum absolute atomic E-state index is 0.0354. The van der Waals surface area contributed by atoms with E-state index in [-0.39, 0.29) is 11.0 Å². The first-order chi connectivity index (χ1) is 13.1. The molecule has 1 N–H and O–H groups in total. The molecule has 3 aromatic rings. The van der Waals surface area contributed by atoms with Crippen LogP contribution >= 0.6 is 11.8 Å². The number of thioether (sulfide) groups is 1. The lowest BCUT2D eigenvalue weighted by molar-refractivity contribution is 0.355. The van der Waals surface area contributed by atoms with Crippen molar-refractivity contribution in [3.05, 3.63) is 48.0 Å². The van der Waals surface area contributed by atoms with E-state index < -0.39 is 0 Å². The van der Waals surface area contributed by atoms with Gasteiger partial charge in [-0.15, -0.1) is 10.2 Å². The number of hydrogen-bond acceptors (Lipinski definition) is 7. The van der Waals surface area contributed by atoms with Crippen molar-refractivity contribution in [1.82, 2.24) is 14.9 Å². The number of methoxy groups -OCH3 is 2. The van der Waals surface area contributed by atoms with Crippen molar-refractivity contribution in [2.24, 2.45) is 5.10 Å². The van der Waals surface area contributed by atoms with E-state index in [9.17, 15) is 5.11 Å². The summed E-state index contributed by atoms with van der Waals surface area (Å²) < 4.78 is 12.4. The van der Waals surface area contributed by atoms with Gasteiger partial charge in [-0.05, 0) is 37.3 Å². The Morgan fingerprint density at radius 1 is 1.04 bits per heavy atom. The number of rotatable bonds is 4. The highest BCUT2D eigenvalue weighted by Crippen LogP contribution is 2.36. The maximum absolute atomic E-state index is 10.2. The summed E-state index contributed by atoms with van der Waals surface area (Å²) >= 11 is 1.55. The third-order valence-electron chi connectivity index (χ3n) is 4.31. The van der Waals surface area contributed by atoms with Gasteiger partial charge in [-0.2, -0.15) is 9.78 Å². The molecule has 8 heteroatoms.